The first kappa shape index (κ1) is 14.3. The van der Waals surface area contributed by atoms with Gasteiger partial charge in [-0.3, -0.25) is 4.90 Å². The highest BCUT2D eigenvalue weighted by Crippen LogP contribution is 2.15. The fourth-order valence-electron chi connectivity index (χ4n) is 1.44. The molecule has 0 aliphatic rings. The molecule has 0 atom stereocenters. The van der Waals surface area contributed by atoms with E-state index in [9.17, 15) is 0 Å². The maximum Gasteiger partial charge on any atom is 0.119 e. The Morgan fingerprint density at radius 3 is 2.12 bits per heavy atom. The first-order chi connectivity index (χ1) is 8.26. The van der Waals surface area contributed by atoms with Gasteiger partial charge in [-0.25, -0.2) is 0 Å². The first-order valence-electron chi connectivity index (χ1n) is 5.58. The van der Waals surface area contributed by atoms with Crippen LogP contribution in [0.3, 0.4) is 0 Å². The van der Waals surface area contributed by atoms with E-state index in [1.165, 1.54) is 0 Å². The number of hydrogen-bond acceptors (Lipinski definition) is 4. The molecule has 0 saturated heterocycles. The van der Waals surface area contributed by atoms with Crippen LogP contribution in [-0.2, 0) is 0 Å². The predicted molar refractivity (Wildman–Crippen MR) is 67.6 cm³/mol. The molecule has 1 aromatic rings. The topological polar surface area (TPSA) is 52.9 Å². The van der Waals surface area contributed by atoms with E-state index in [1.807, 2.05) is 17.0 Å². The van der Waals surface area contributed by atoms with Gasteiger partial charge in [0.2, 0.25) is 0 Å². The smallest absolute Gasteiger partial charge is 0.119 e. The van der Waals surface area contributed by atoms with Gasteiger partial charge in [-0.05, 0) is 24.3 Å². The molecular formula is C12H18ClNO3. The minimum absolute atomic E-state index is 0.0843. The SMILES string of the molecule is OCCN(CCO)CCOc1ccc(Cl)cc1. The number of aliphatic hydroxyl groups is 2. The van der Waals surface area contributed by atoms with Gasteiger partial charge >= 0.3 is 0 Å². The van der Waals surface area contributed by atoms with E-state index in [4.69, 9.17) is 26.6 Å². The van der Waals surface area contributed by atoms with Crippen LogP contribution in [0, 0.1) is 0 Å². The summed E-state index contributed by atoms with van der Waals surface area (Å²) < 4.78 is 5.52. The monoisotopic (exact) mass is 259 g/mol. The van der Waals surface area contributed by atoms with Crippen molar-refractivity contribution >= 4 is 11.6 Å². The van der Waals surface area contributed by atoms with Crippen molar-refractivity contribution in [2.45, 2.75) is 0 Å². The van der Waals surface area contributed by atoms with Crippen molar-refractivity contribution in [2.24, 2.45) is 0 Å². The van der Waals surface area contributed by atoms with E-state index in [0.29, 0.717) is 31.3 Å². The molecule has 0 aromatic heterocycles. The normalized spacial score (nSPS) is 10.8. The maximum atomic E-state index is 8.83. The third kappa shape index (κ3) is 5.89. The van der Waals surface area contributed by atoms with Gasteiger partial charge in [0, 0.05) is 24.7 Å². The molecule has 2 N–H and O–H groups in total. The second-order valence-electron chi connectivity index (χ2n) is 3.59. The van der Waals surface area contributed by atoms with E-state index in [-0.39, 0.29) is 13.2 Å². The molecule has 0 aliphatic carbocycles. The third-order valence-electron chi connectivity index (χ3n) is 2.32. The average molecular weight is 260 g/mol. The molecule has 0 unspecified atom stereocenters. The zero-order valence-corrected chi connectivity index (χ0v) is 10.4. The zero-order chi connectivity index (χ0) is 12.5. The molecule has 0 aliphatic heterocycles. The van der Waals surface area contributed by atoms with Crippen molar-refractivity contribution in [3.8, 4) is 5.75 Å². The van der Waals surface area contributed by atoms with E-state index in [1.54, 1.807) is 12.1 Å². The molecule has 17 heavy (non-hydrogen) atoms. The van der Waals surface area contributed by atoms with Crippen LogP contribution in [0.15, 0.2) is 24.3 Å². The largest absolute Gasteiger partial charge is 0.492 e. The third-order valence-corrected chi connectivity index (χ3v) is 2.57. The summed E-state index contributed by atoms with van der Waals surface area (Å²) in [6.45, 7) is 2.45. The second kappa shape index (κ2) is 8.31. The van der Waals surface area contributed by atoms with Gasteiger partial charge in [0.15, 0.2) is 0 Å². The van der Waals surface area contributed by atoms with E-state index in [0.717, 1.165) is 5.75 Å². The summed E-state index contributed by atoms with van der Waals surface area (Å²) in [5, 5.41) is 18.3. The predicted octanol–water partition coefficient (Wildman–Crippen LogP) is 1.01. The standard InChI is InChI=1S/C12H18ClNO3/c13-11-1-3-12(4-2-11)17-10-7-14(5-8-15)6-9-16/h1-4,15-16H,5-10H2. The molecule has 1 aromatic carbocycles. The van der Waals surface area contributed by atoms with E-state index < -0.39 is 0 Å². The van der Waals surface area contributed by atoms with Gasteiger partial charge in [0.25, 0.3) is 0 Å². The molecule has 96 valence electrons. The Balaban J connectivity index is 2.27. The van der Waals surface area contributed by atoms with Gasteiger partial charge in [-0.15, -0.1) is 0 Å². The highest BCUT2D eigenvalue weighted by Gasteiger charge is 2.03. The lowest BCUT2D eigenvalue weighted by Crippen LogP contribution is -2.33. The van der Waals surface area contributed by atoms with Crippen molar-refractivity contribution in [3.05, 3.63) is 29.3 Å². The Bertz CT molecular complexity index is 299. The average Bonchev–Trinajstić information content (AvgIpc) is 2.32. The Morgan fingerprint density at radius 2 is 1.59 bits per heavy atom. The fraction of sp³-hybridized carbons (Fsp3) is 0.500. The fourth-order valence-corrected chi connectivity index (χ4v) is 1.57. The number of aliphatic hydroxyl groups excluding tert-OH is 2. The van der Waals surface area contributed by atoms with E-state index in [2.05, 4.69) is 0 Å². The van der Waals surface area contributed by atoms with Gasteiger partial charge < -0.3 is 14.9 Å². The lowest BCUT2D eigenvalue weighted by molar-refractivity contribution is 0.141. The maximum absolute atomic E-state index is 8.83. The Morgan fingerprint density at radius 1 is 1.00 bits per heavy atom. The molecule has 0 heterocycles. The number of benzene rings is 1. The summed E-state index contributed by atoms with van der Waals surface area (Å²) >= 11 is 5.76. The van der Waals surface area contributed by atoms with Gasteiger partial charge in [-0.2, -0.15) is 0 Å². The van der Waals surface area contributed by atoms with Crippen LogP contribution in [-0.4, -0.2) is 54.6 Å². The van der Waals surface area contributed by atoms with Crippen molar-refractivity contribution < 1.29 is 14.9 Å². The van der Waals surface area contributed by atoms with Crippen molar-refractivity contribution in [3.63, 3.8) is 0 Å². The number of ether oxygens (including phenoxy) is 1. The quantitative estimate of drug-likeness (QED) is 0.732. The van der Waals surface area contributed by atoms with Crippen LogP contribution >= 0.6 is 11.6 Å². The summed E-state index contributed by atoms with van der Waals surface area (Å²) in [6, 6.07) is 7.17. The highest BCUT2D eigenvalue weighted by molar-refractivity contribution is 6.30. The van der Waals surface area contributed by atoms with Crippen LogP contribution in [0.1, 0.15) is 0 Å². The molecule has 0 bridgehead atoms. The summed E-state index contributed by atoms with van der Waals surface area (Å²) in [4.78, 5) is 1.94. The van der Waals surface area contributed by atoms with Gasteiger partial charge in [0.1, 0.15) is 12.4 Å². The Kier molecular flexibility index (Phi) is 6.96. The summed E-state index contributed by atoms with van der Waals surface area (Å²) in [6.07, 6.45) is 0. The highest BCUT2D eigenvalue weighted by atomic mass is 35.5. The minimum Gasteiger partial charge on any atom is -0.492 e. The lowest BCUT2D eigenvalue weighted by atomic mass is 10.3. The summed E-state index contributed by atoms with van der Waals surface area (Å²) in [5.41, 5.74) is 0. The van der Waals surface area contributed by atoms with Crippen LogP contribution < -0.4 is 4.74 Å². The Hall–Kier alpha value is -0.810. The Labute approximate surface area is 106 Å². The van der Waals surface area contributed by atoms with Crippen LogP contribution in [0.25, 0.3) is 0 Å². The molecule has 4 nitrogen and oxygen atoms in total. The molecule has 0 radical (unpaired) electrons. The van der Waals surface area contributed by atoms with Crippen molar-refractivity contribution in [2.75, 3.05) is 39.5 Å². The molecule has 0 amide bonds. The van der Waals surface area contributed by atoms with Crippen LogP contribution in [0.2, 0.25) is 5.02 Å². The molecule has 0 spiro atoms. The number of rotatable bonds is 8. The number of halogens is 1. The number of hydrogen-bond donors (Lipinski definition) is 2. The summed E-state index contributed by atoms with van der Waals surface area (Å²) in [7, 11) is 0. The minimum atomic E-state index is 0.0843. The zero-order valence-electron chi connectivity index (χ0n) is 9.68. The molecule has 0 fully saturated rings. The van der Waals surface area contributed by atoms with Gasteiger partial charge in [-0.1, -0.05) is 11.6 Å². The molecule has 1 rings (SSSR count). The van der Waals surface area contributed by atoms with Crippen molar-refractivity contribution in [1.29, 1.82) is 0 Å². The molecular weight excluding hydrogens is 242 g/mol. The van der Waals surface area contributed by atoms with Gasteiger partial charge in [0.05, 0.1) is 13.2 Å². The molecule has 0 saturated carbocycles. The second-order valence-corrected chi connectivity index (χ2v) is 4.03. The van der Waals surface area contributed by atoms with Crippen LogP contribution in [0.4, 0.5) is 0 Å². The van der Waals surface area contributed by atoms with Crippen LogP contribution in [0.5, 0.6) is 5.75 Å². The van der Waals surface area contributed by atoms with E-state index >= 15 is 0 Å². The molecule has 5 heteroatoms. The first-order valence-corrected chi connectivity index (χ1v) is 5.96. The summed E-state index contributed by atoms with van der Waals surface area (Å²) in [5.74, 6) is 0.766. The lowest BCUT2D eigenvalue weighted by Gasteiger charge is -2.20. The van der Waals surface area contributed by atoms with Crippen molar-refractivity contribution in [1.82, 2.24) is 4.90 Å². The number of nitrogens with zero attached hydrogens (tertiary/aromatic N) is 1.